The fourth-order valence-electron chi connectivity index (χ4n) is 0.973. The minimum absolute atomic E-state index is 0.0978. The maximum Gasteiger partial charge on any atom is 0.471 e. The molecule has 0 saturated carbocycles. The second kappa shape index (κ2) is 4.33. The minimum Gasteiger partial charge on any atom is -0.346 e. The number of aromatic nitrogens is 2. The van der Waals surface area contributed by atoms with E-state index in [2.05, 4.69) is 5.10 Å². The van der Waals surface area contributed by atoms with Gasteiger partial charge in [0.05, 0.1) is 12.7 Å². The maximum absolute atomic E-state index is 11.7. The van der Waals surface area contributed by atoms with Crippen molar-refractivity contribution in [3.63, 3.8) is 0 Å². The molecule has 1 aromatic heterocycles. The van der Waals surface area contributed by atoms with E-state index in [0.29, 0.717) is 0 Å². The molecular formula is C8H10F3N3O. The van der Waals surface area contributed by atoms with Crippen molar-refractivity contribution < 1.29 is 18.0 Å². The Morgan fingerprint density at radius 1 is 1.60 bits per heavy atom. The molecule has 0 unspecified atom stereocenters. The Hall–Kier alpha value is -1.53. The fourth-order valence-corrected chi connectivity index (χ4v) is 0.973. The van der Waals surface area contributed by atoms with Crippen LogP contribution < -0.4 is 5.32 Å². The first-order valence-corrected chi connectivity index (χ1v) is 4.23. The van der Waals surface area contributed by atoms with Gasteiger partial charge in [-0.2, -0.15) is 18.3 Å². The normalized spacial score (nSPS) is 11.5. The van der Waals surface area contributed by atoms with Gasteiger partial charge in [-0.05, 0) is 12.5 Å². The zero-order valence-electron chi connectivity index (χ0n) is 8.01. The summed E-state index contributed by atoms with van der Waals surface area (Å²) in [4.78, 5) is 10.4. The number of amides is 1. The lowest BCUT2D eigenvalue weighted by Gasteiger charge is -2.07. The number of hydrogen-bond donors (Lipinski definition) is 1. The number of rotatable bonds is 3. The van der Waals surface area contributed by atoms with Crippen molar-refractivity contribution >= 4 is 5.91 Å². The van der Waals surface area contributed by atoms with Crippen molar-refractivity contribution in [2.75, 3.05) is 6.54 Å². The van der Waals surface area contributed by atoms with Crippen LogP contribution in [0, 0.1) is 6.92 Å². The van der Waals surface area contributed by atoms with Crippen LogP contribution in [0.3, 0.4) is 0 Å². The molecule has 1 amide bonds. The number of aryl methyl sites for hydroxylation is 1. The zero-order chi connectivity index (χ0) is 11.5. The van der Waals surface area contributed by atoms with Gasteiger partial charge in [-0.3, -0.25) is 9.48 Å². The van der Waals surface area contributed by atoms with Crippen LogP contribution in [0.25, 0.3) is 0 Å². The van der Waals surface area contributed by atoms with Gasteiger partial charge in [-0.15, -0.1) is 0 Å². The Morgan fingerprint density at radius 3 is 2.73 bits per heavy atom. The van der Waals surface area contributed by atoms with Gasteiger partial charge >= 0.3 is 12.1 Å². The van der Waals surface area contributed by atoms with Gasteiger partial charge in [0, 0.05) is 12.7 Å². The van der Waals surface area contributed by atoms with E-state index in [1.165, 1.54) is 4.68 Å². The van der Waals surface area contributed by atoms with E-state index in [1.807, 2.05) is 6.92 Å². The topological polar surface area (TPSA) is 46.9 Å². The van der Waals surface area contributed by atoms with Gasteiger partial charge in [-0.25, -0.2) is 0 Å². The summed E-state index contributed by atoms with van der Waals surface area (Å²) < 4.78 is 36.7. The molecule has 0 radical (unpaired) electrons. The first-order valence-electron chi connectivity index (χ1n) is 4.23. The SMILES string of the molecule is Cc1cnn(CCNC(=O)C(F)(F)F)c1. The van der Waals surface area contributed by atoms with Crippen molar-refractivity contribution in [1.82, 2.24) is 15.1 Å². The predicted octanol–water partition coefficient (Wildman–Crippen LogP) is 0.870. The second-order valence-electron chi connectivity index (χ2n) is 3.03. The summed E-state index contributed by atoms with van der Waals surface area (Å²) in [5.41, 5.74) is 0.914. The average molecular weight is 221 g/mol. The summed E-state index contributed by atoms with van der Waals surface area (Å²) in [5.74, 6) is -1.92. The van der Waals surface area contributed by atoms with Crippen LogP contribution in [0.5, 0.6) is 0 Å². The van der Waals surface area contributed by atoms with E-state index in [9.17, 15) is 18.0 Å². The molecule has 1 aromatic rings. The largest absolute Gasteiger partial charge is 0.471 e. The van der Waals surface area contributed by atoms with Crippen molar-refractivity contribution in [3.8, 4) is 0 Å². The highest BCUT2D eigenvalue weighted by Crippen LogP contribution is 2.13. The van der Waals surface area contributed by atoms with E-state index < -0.39 is 12.1 Å². The van der Waals surface area contributed by atoms with Crippen molar-refractivity contribution in [2.45, 2.75) is 19.6 Å². The molecule has 1 N–H and O–H groups in total. The lowest BCUT2D eigenvalue weighted by Crippen LogP contribution is -2.38. The molecule has 0 atom stereocenters. The number of alkyl halides is 3. The summed E-state index contributed by atoms with van der Waals surface area (Å²) in [6, 6.07) is 0. The lowest BCUT2D eigenvalue weighted by atomic mass is 10.4. The van der Waals surface area contributed by atoms with Gasteiger partial charge in [0.15, 0.2) is 0 Å². The smallest absolute Gasteiger partial charge is 0.346 e. The predicted molar refractivity (Wildman–Crippen MR) is 46.0 cm³/mol. The first kappa shape index (κ1) is 11.5. The number of carbonyl (C=O) groups is 1. The molecule has 0 spiro atoms. The molecule has 7 heteroatoms. The van der Waals surface area contributed by atoms with Crippen LogP contribution in [0.15, 0.2) is 12.4 Å². The van der Waals surface area contributed by atoms with Gasteiger partial charge in [0.1, 0.15) is 0 Å². The van der Waals surface area contributed by atoms with Crippen LogP contribution in [-0.2, 0) is 11.3 Å². The van der Waals surface area contributed by atoms with E-state index in [4.69, 9.17) is 0 Å². The third-order valence-corrected chi connectivity index (χ3v) is 1.65. The number of hydrogen-bond acceptors (Lipinski definition) is 2. The first-order chi connectivity index (χ1) is 6.89. The maximum atomic E-state index is 11.7. The standard InChI is InChI=1S/C8H10F3N3O/c1-6-4-13-14(5-6)3-2-12-7(15)8(9,10)11/h4-5H,2-3H2,1H3,(H,12,15). The highest BCUT2D eigenvalue weighted by molar-refractivity contribution is 5.81. The molecule has 0 aromatic carbocycles. The third-order valence-electron chi connectivity index (χ3n) is 1.65. The zero-order valence-corrected chi connectivity index (χ0v) is 8.01. The number of nitrogens with zero attached hydrogens (tertiary/aromatic N) is 2. The van der Waals surface area contributed by atoms with Crippen LogP contribution in [0.2, 0.25) is 0 Å². The fraction of sp³-hybridized carbons (Fsp3) is 0.500. The second-order valence-corrected chi connectivity index (χ2v) is 3.03. The molecule has 15 heavy (non-hydrogen) atoms. The van der Waals surface area contributed by atoms with E-state index >= 15 is 0 Å². The Morgan fingerprint density at radius 2 is 2.27 bits per heavy atom. The highest BCUT2D eigenvalue weighted by atomic mass is 19.4. The Bertz CT molecular complexity index is 345. The molecule has 1 heterocycles. The van der Waals surface area contributed by atoms with Crippen molar-refractivity contribution in [2.24, 2.45) is 0 Å². The molecular weight excluding hydrogens is 211 g/mol. The molecule has 0 aliphatic heterocycles. The van der Waals surface area contributed by atoms with Crippen molar-refractivity contribution in [1.29, 1.82) is 0 Å². The summed E-state index contributed by atoms with van der Waals surface area (Å²) in [5, 5.41) is 5.61. The van der Waals surface area contributed by atoms with Gasteiger partial charge < -0.3 is 5.32 Å². The third kappa shape index (κ3) is 3.61. The van der Waals surface area contributed by atoms with Crippen molar-refractivity contribution in [3.05, 3.63) is 18.0 Å². The summed E-state index contributed by atoms with van der Waals surface area (Å²) in [6.07, 6.45) is -1.55. The Kier molecular flexibility index (Phi) is 3.33. The van der Waals surface area contributed by atoms with E-state index in [-0.39, 0.29) is 13.1 Å². The molecule has 1 rings (SSSR count). The summed E-state index contributed by atoms with van der Waals surface area (Å²) in [7, 11) is 0. The molecule has 0 saturated heterocycles. The molecule has 4 nitrogen and oxygen atoms in total. The monoisotopic (exact) mass is 221 g/mol. The Labute approximate surface area is 84.1 Å². The molecule has 84 valence electrons. The lowest BCUT2D eigenvalue weighted by molar-refractivity contribution is -0.173. The van der Waals surface area contributed by atoms with Gasteiger partial charge in [0.25, 0.3) is 0 Å². The summed E-state index contributed by atoms with van der Waals surface area (Å²) >= 11 is 0. The van der Waals surface area contributed by atoms with Gasteiger partial charge in [0.2, 0.25) is 0 Å². The molecule has 0 fully saturated rings. The van der Waals surface area contributed by atoms with E-state index in [0.717, 1.165) is 5.56 Å². The van der Waals surface area contributed by atoms with Crippen LogP contribution in [0.4, 0.5) is 13.2 Å². The van der Waals surface area contributed by atoms with Crippen LogP contribution in [0.1, 0.15) is 5.56 Å². The number of halogens is 3. The molecule has 0 bridgehead atoms. The Balaban J connectivity index is 2.31. The average Bonchev–Trinajstić information content (AvgIpc) is 2.49. The number of carbonyl (C=O) groups excluding carboxylic acids is 1. The highest BCUT2D eigenvalue weighted by Gasteiger charge is 2.38. The molecule has 0 aliphatic rings. The molecule has 0 aliphatic carbocycles. The minimum atomic E-state index is -4.82. The number of nitrogens with one attached hydrogen (secondary N) is 1. The quantitative estimate of drug-likeness (QED) is 0.823. The van der Waals surface area contributed by atoms with Crippen LogP contribution >= 0.6 is 0 Å². The van der Waals surface area contributed by atoms with Gasteiger partial charge in [-0.1, -0.05) is 0 Å². The summed E-state index contributed by atoms with van der Waals surface area (Å²) in [6.45, 7) is 1.94. The van der Waals surface area contributed by atoms with E-state index in [1.54, 1.807) is 17.7 Å². The van der Waals surface area contributed by atoms with Crippen LogP contribution in [-0.4, -0.2) is 28.4 Å².